The predicted molar refractivity (Wildman–Crippen MR) is 58.2 cm³/mol. The van der Waals surface area contributed by atoms with Gasteiger partial charge in [-0.2, -0.15) is 0 Å². The number of nitrogens with zero attached hydrogens (tertiary/aromatic N) is 1. The van der Waals surface area contributed by atoms with Gasteiger partial charge in [-0.15, -0.1) is 0 Å². The largest absolute Gasteiger partial charge is 0.494 e. The van der Waals surface area contributed by atoms with Gasteiger partial charge in [-0.3, -0.25) is 10.1 Å². The topological polar surface area (TPSA) is 52.4 Å². The second-order valence-electron chi connectivity index (χ2n) is 2.99. The molecule has 1 aromatic carbocycles. The van der Waals surface area contributed by atoms with Crippen LogP contribution in [-0.4, -0.2) is 18.1 Å². The first kappa shape index (κ1) is 11.8. The molecule has 0 aliphatic carbocycles. The summed E-state index contributed by atoms with van der Waals surface area (Å²) >= 11 is 5.81. The highest BCUT2D eigenvalue weighted by Gasteiger charge is 2.07. The van der Waals surface area contributed by atoms with E-state index in [1.54, 1.807) is 18.2 Å². The van der Waals surface area contributed by atoms with Crippen molar-refractivity contribution in [2.75, 3.05) is 13.2 Å². The summed E-state index contributed by atoms with van der Waals surface area (Å²) in [5.41, 5.74) is 0.779. The van der Waals surface area contributed by atoms with Crippen LogP contribution >= 0.6 is 11.6 Å². The summed E-state index contributed by atoms with van der Waals surface area (Å²) < 4.78 is 5.34. The molecule has 1 rings (SSSR count). The quantitative estimate of drug-likeness (QED) is 0.576. The summed E-state index contributed by atoms with van der Waals surface area (Å²) in [4.78, 5) is 9.91. The van der Waals surface area contributed by atoms with Crippen LogP contribution in [0.1, 0.15) is 12.5 Å². The summed E-state index contributed by atoms with van der Waals surface area (Å²) in [6.45, 7) is 2.29. The van der Waals surface area contributed by atoms with Gasteiger partial charge < -0.3 is 4.74 Å². The van der Waals surface area contributed by atoms with Crippen molar-refractivity contribution in [2.45, 2.75) is 13.3 Å². The van der Waals surface area contributed by atoms with Crippen LogP contribution in [0.2, 0.25) is 5.02 Å². The molecule has 4 nitrogen and oxygen atoms in total. The number of halogens is 1. The van der Waals surface area contributed by atoms with E-state index >= 15 is 0 Å². The zero-order valence-corrected chi connectivity index (χ0v) is 9.16. The molecule has 15 heavy (non-hydrogen) atoms. The normalized spacial score (nSPS) is 10.0. The van der Waals surface area contributed by atoms with Crippen molar-refractivity contribution >= 4 is 11.6 Å². The molecule has 0 fully saturated rings. The van der Waals surface area contributed by atoms with Gasteiger partial charge in [0, 0.05) is 21.9 Å². The van der Waals surface area contributed by atoms with Crippen LogP contribution < -0.4 is 4.74 Å². The van der Waals surface area contributed by atoms with Gasteiger partial charge in [-0.1, -0.05) is 11.6 Å². The molecule has 0 amide bonds. The number of hydrogen-bond acceptors (Lipinski definition) is 3. The Morgan fingerprint density at radius 3 is 2.87 bits per heavy atom. The Balaban J connectivity index is 2.81. The van der Waals surface area contributed by atoms with Crippen molar-refractivity contribution in [2.24, 2.45) is 0 Å². The highest BCUT2D eigenvalue weighted by Crippen LogP contribution is 2.23. The number of rotatable bonds is 5. The lowest BCUT2D eigenvalue weighted by Crippen LogP contribution is -2.06. The van der Waals surface area contributed by atoms with E-state index < -0.39 is 0 Å². The molecule has 0 heterocycles. The fourth-order valence-corrected chi connectivity index (χ4v) is 1.45. The molecule has 1 aromatic rings. The molecule has 0 aliphatic rings. The van der Waals surface area contributed by atoms with Gasteiger partial charge in [-0.25, -0.2) is 0 Å². The minimum Gasteiger partial charge on any atom is -0.494 e. The summed E-state index contributed by atoms with van der Waals surface area (Å²) in [5.74, 6) is 0.670. The Morgan fingerprint density at radius 2 is 2.27 bits per heavy atom. The van der Waals surface area contributed by atoms with Crippen molar-refractivity contribution in [1.29, 1.82) is 0 Å². The summed E-state index contributed by atoms with van der Waals surface area (Å²) in [7, 11) is 0. The summed E-state index contributed by atoms with van der Waals surface area (Å²) in [5, 5.41) is 10.8. The van der Waals surface area contributed by atoms with Crippen molar-refractivity contribution in [3.8, 4) is 5.75 Å². The standard InChI is InChI=1S/C10H12ClNO3/c1-2-15-10-4-3-9(11)7-8(10)5-6-12(13)14/h3-4,7H,2,5-6H2,1H3. The van der Waals surface area contributed by atoms with Crippen molar-refractivity contribution in [3.63, 3.8) is 0 Å². The SMILES string of the molecule is CCOc1ccc(Cl)cc1CC[N+](=O)[O-]. The fourth-order valence-electron chi connectivity index (χ4n) is 1.25. The van der Waals surface area contributed by atoms with E-state index in [1.165, 1.54) is 0 Å². The Hall–Kier alpha value is -1.29. The number of hydrogen-bond donors (Lipinski definition) is 0. The molecule has 0 saturated heterocycles. The summed E-state index contributed by atoms with van der Waals surface area (Å²) in [6, 6.07) is 5.15. The van der Waals surface area contributed by atoms with E-state index in [9.17, 15) is 10.1 Å². The van der Waals surface area contributed by atoms with Crippen LogP contribution in [0.25, 0.3) is 0 Å². The van der Waals surface area contributed by atoms with Crippen LogP contribution in [-0.2, 0) is 6.42 Å². The number of ether oxygens (including phenoxy) is 1. The van der Waals surface area contributed by atoms with Gasteiger partial charge in [0.15, 0.2) is 0 Å². The smallest absolute Gasteiger partial charge is 0.208 e. The van der Waals surface area contributed by atoms with E-state index in [4.69, 9.17) is 16.3 Å². The lowest BCUT2D eigenvalue weighted by atomic mass is 10.1. The third-order valence-electron chi connectivity index (χ3n) is 1.89. The molecule has 0 bridgehead atoms. The molecule has 0 atom stereocenters. The van der Waals surface area contributed by atoms with Crippen molar-refractivity contribution < 1.29 is 9.66 Å². The van der Waals surface area contributed by atoms with Gasteiger partial charge in [0.25, 0.3) is 0 Å². The number of benzene rings is 1. The lowest BCUT2D eigenvalue weighted by Gasteiger charge is -2.08. The minimum absolute atomic E-state index is 0.111. The Morgan fingerprint density at radius 1 is 1.53 bits per heavy atom. The molecule has 0 unspecified atom stereocenters. The van der Waals surface area contributed by atoms with E-state index in [0.717, 1.165) is 5.56 Å². The van der Waals surface area contributed by atoms with Gasteiger partial charge in [-0.05, 0) is 25.1 Å². The maximum Gasteiger partial charge on any atom is 0.208 e. The van der Waals surface area contributed by atoms with Crippen molar-refractivity contribution in [3.05, 3.63) is 38.9 Å². The molecule has 5 heteroatoms. The first-order valence-corrected chi connectivity index (χ1v) is 5.04. The second kappa shape index (κ2) is 5.56. The van der Waals surface area contributed by atoms with E-state index in [1.807, 2.05) is 6.92 Å². The average molecular weight is 230 g/mol. The van der Waals surface area contributed by atoms with Crippen LogP contribution in [0, 0.1) is 10.1 Å². The Bertz CT molecular complexity index is 355. The predicted octanol–water partition coefficient (Wildman–Crippen LogP) is 2.56. The van der Waals surface area contributed by atoms with Crippen LogP contribution in [0.5, 0.6) is 5.75 Å². The maximum atomic E-state index is 10.3. The second-order valence-corrected chi connectivity index (χ2v) is 3.43. The minimum atomic E-state index is -0.351. The van der Waals surface area contributed by atoms with E-state index in [-0.39, 0.29) is 11.5 Å². The van der Waals surface area contributed by atoms with E-state index in [0.29, 0.717) is 23.8 Å². The summed E-state index contributed by atoms with van der Waals surface area (Å²) in [6.07, 6.45) is 0.336. The third-order valence-corrected chi connectivity index (χ3v) is 2.12. The Kier molecular flexibility index (Phi) is 4.37. The van der Waals surface area contributed by atoms with Gasteiger partial charge in [0.1, 0.15) is 5.75 Å². The van der Waals surface area contributed by atoms with Crippen LogP contribution in [0.3, 0.4) is 0 Å². The fraction of sp³-hybridized carbons (Fsp3) is 0.400. The van der Waals surface area contributed by atoms with E-state index in [2.05, 4.69) is 0 Å². The molecule has 0 radical (unpaired) electrons. The molecule has 82 valence electrons. The molecule has 0 aromatic heterocycles. The van der Waals surface area contributed by atoms with Gasteiger partial charge in [0.2, 0.25) is 6.54 Å². The van der Waals surface area contributed by atoms with Gasteiger partial charge in [0.05, 0.1) is 6.61 Å². The monoisotopic (exact) mass is 229 g/mol. The first-order valence-electron chi connectivity index (χ1n) is 4.66. The zero-order valence-electron chi connectivity index (χ0n) is 8.40. The molecule has 0 spiro atoms. The van der Waals surface area contributed by atoms with Crippen LogP contribution in [0.4, 0.5) is 0 Å². The molecular formula is C10H12ClNO3. The van der Waals surface area contributed by atoms with Gasteiger partial charge >= 0.3 is 0 Å². The molecule has 0 aliphatic heterocycles. The lowest BCUT2D eigenvalue weighted by molar-refractivity contribution is -0.479. The highest BCUT2D eigenvalue weighted by molar-refractivity contribution is 6.30. The first-order chi connectivity index (χ1) is 7.13. The molecule has 0 saturated carbocycles. The highest BCUT2D eigenvalue weighted by atomic mass is 35.5. The molecule has 0 N–H and O–H groups in total. The molecular weight excluding hydrogens is 218 g/mol. The van der Waals surface area contributed by atoms with Crippen LogP contribution in [0.15, 0.2) is 18.2 Å². The van der Waals surface area contributed by atoms with Crippen molar-refractivity contribution in [1.82, 2.24) is 0 Å². The Labute approximate surface area is 93.0 Å². The average Bonchev–Trinajstić information content (AvgIpc) is 2.18. The maximum absolute atomic E-state index is 10.3. The zero-order chi connectivity index (χ0) is 11.3. The number of nitro groups is 1. The third kappa shape index (κ3) is 3.75.